The summed E-state index contributed by atoms with van der Waals surface area (Å²) in [5.41, 5.74) is -3.99. The lowest BCUT2D eigenvalue weighted by Crippen LogP contribution is -2.70. The van der Waals surface area contributed by atoms with Crippen molar-refractivity contribution in [1.82, 2.24) is 0 Å². The van der Waals surface area contributed by atoms with Gasteiger partial charge in [-0.1, -0.05) is 39.3 Å². The molecule has 240 valence electrons. The molecule has 4 fully saturated rings. The minimum Gasteiger partial charge on any atom is -0.481 e. The molecule has 0 aromatic carbocycles. The zero-order valence-corrected chi connectivity index (χ0v) is 27.0. The highest BCUT2D eigenvalue weighted by Crippen LogP contribution is 2.76. The van der Waals surface area contributed by atoms with Gasteiger partial charge in [0, 0.05) is 19.8 Å². The number of fused-ring (bicyclic) bond motifs is 7. The predicted octanol–water partition coefficient (Wildman–Crippen LogP) is 5.38. The Labute approximate surface area is 254 Å². The molecule has 0 aromatic rings. The Hall–Kier alpha value is -2.42. The fourth-order valence-corrected chi connectivity index (χ4v) is 11.6. The van der Waals surface area contributed by atoms with E-state index < -0.39 is 69.3 Å². The summed E-state index contributed by atoms with van der Waals surface area (Å²) in [4.78, 5) is 50.6. The Morgan fingerprint density at radius 3 is 2.02 bits per heavy atom. The van der Waals surface area contributed by atoms with Crippen molar-refractivity contribution < 1.29 is 44.0 Å². The molecule has 0 radical (unpaired) electrons. The average molecular weight is 603 g/mol. The summed E-state index contributed by atoms with van der Waals surface area (Å²) in [6.07, 6.45) is 4.73. The maximum absolute atomic E-state index is 13.2. The molecule has 9 heteroatoms. The van der Waals surface area contributed by atoms with Crippen LogP contribution in [0.1, 0.15) is 107 Å². The molecular weight excluding hydrogens is 552 g/mol. The first-order valence-corrected chi connectivity index (χ1v) is 16.0. The second-order valence-corrected chi connectivity index (χ2v) is 15.8. The summed E-state index contributed by atoms with van der Waals surface area (Å²) < 4.78 is 11.4. The molecule has 43 heavy (non-hydrogen) atoms. The molecule has 0 aromatic heterocycles. The molecule has 0 saturated heterocycles. The average Bonchev–Trinajstić information content (AvgIpc) is 2.88. The summed E-state index contributed by atoms with van der Waals surface area (Å²) >= 11 is 0. The van der Waals surface area contributed by atoms with Crippen molar-refractivity contribution in [1.29, 1.82) is 0 Å². The van der Waals surface area contributed by atoms with Gasteiger partial charge < -0.3 is 24.8 Å². The van der Waals surface area contributed by atoms with Gasteiger partial charge in [0.05, 0.1) is 11.0 Å². The Morgan fingerprint density at radius 2 is 1.47 bits per heavy atom. The van der Waals surface area contributed by atoms with E-state index in [0.717, 1.165) is 5.57 Å². The van der Waals surface area contributed by atoms with Crippen LogP contribution < -0.4 is 0 Å². The second kappa shape index (κ2) is 9.79. The summed E-state index contributed by atoms with van der Waals surface area (Å²) in [5, 5.41) is 33.4. The summed E-state index contributed by atoms with van der Waals surface area (Å²) in [6.45, 7) is 14.6. The number of carbonyl (C=O) groups excluding carboxylic acids is 2. The fourth-order valence-electron chi connectivity index (χ4n) is 11.6. The third-order valence-electron chi connectivity index (χ3n) is 14.1. The van der Waals surface area contributed by atoms with E-state index in [9.17, 15) is 34.5 Å². The maximum atomic E-state index is 13.2. The van der Waals surface area contributed by atoms with E-state index in [-0.39, 0.29) is 23.2 Å². The van der Waals surface area contributed by atoms with Gasteiger partial charge in [-0.15, -0.1) is 0 Å². The molecule has 0 aliphatic heterocycles. The normalized spacial score (nSPS) is 50.5. The number of aliphatic carboxylic acids is 2. The number of carboxylic acids is 2. The zero-order valence-electron chi connectivity index (χ0n) is 27.0. The van der Waals surface area contributed by atoms with Crippen LogP contribution in [-0.2, 0) is 28.7 Å². The highest BCUT2D eigenvalue weighted by atomic mass is 16.6. The Bertz CT molecular complexity index is 1270. The highest BCUT2D eigenvalue weighted by molar-refractivity contribution is 5.78. The topological polar surface area (TPSA) is 147 Å². The van der Waals surface area contributed by atoms with Crippen LogP contribution in [0.25, 0.3) is 0 Å². The van der Waals surface area contributed by atoms with Crippen molar-refractivity contribution in [2.75, 3.05) is 0 Å². The number of ether oxygens (including phenoxy) is 2. The molecule has 9 nitrogen and oxygen atoms in total. The Morgan fingerprint density at radius 1 is 0.837 bits per heavy atom. The number of esters is 2. The number of hydrogen-bond acceptors (Lipinski definition) is 7. The largest absolute Gasteiger partial charge is 0.481 e. The monoisotopic (exact) mass is 602 g/mol. The second-order valence-electron chi connectivity index (χ2n) is 15.8. The first kappa shape index (κ1) is 32.0. The van der Waals surface area contributed by atoms with Crippen LogP contribution in [0.3, 0.4) is 0 Å². The summed E-state index contributed by atoms with van der Waals surface area (Å²) in [6, 6.07) is 0. The van der Waals surface area contributed by atoms with E-state index in [4.69, 9.17) is 9.47 Å². The Balaban J connectivity index is 1.66. The molecule has 5 rings (SSSR count). The smallest absolute Gasteiger partial charge is 0.313 e. The van der Waals surface area contributed by atoms with Crippen LogP contribution in [0.4, 0.5) is 0 Å². The third-order valence-corrected chi connectivity index (χ3v) is 14.1. The minimum absolute atomic E-state index is 0.00852. The number of aliphatic hydroxyl groups is 1. The first-order chi connectivity index (χ1) is 19.7. The number of allylic oxidation sites excluding steroid dienone is 1. The number of hydrogen-bond donors (Lipinski definition) is 3. The molecule has 12 atom stereocenters. The van der Waals surface area contributed by atoms with Crippen molar-refractivity contribution in [3.05, 3.63) is 11.6 Å². The van der Waals surface area contributed by atoms with Crippen LogP contribution in [0.15, 0.2) is 11.6 Å². The van der Waals surface area contributed by atoms with E-state index in [1.807, 2.05) is 13.8 Å². The van der Waals surface area contributed by atoms with Gasteiger partial charge in [0.2, 0.25) is 0 Å². The molecule has 0 heterocycles. The van der Waals surface area contributed by atoms with Gasteiger partial charge in [-0.2, -0.15) is 0 Å². The van der Waals surface area contributed by atoms with E-state index in [1.165, 1.54) is 13.8 Å². The fraction of sp³-hybridized carbons (Fsp3) is 0.824. The molecule has 0 bridgehead atoms. The van der Waals surface area contributed by atoms with Crippen molar-refractivity contribution in [2.45, 2.75) is 125 Å². The van der Waals surface area contributed by atoms with Crippen LogP contribution in [-0.4, -0.2) is 57.0 Å². The summed E-state index contributed by atoms with van der Waals surface area (Å²) in [7, 11) is 0. The van der Waals surface area contributed by atoms with Crippen molar-refractivity contribution in [3.8, 4) is 0 Å². The quantitative estimate of drug-likeness (QED) is 0.285. The highest BCUT2D eigenvalue weighted by Gasteiger charge is 2.74. The molecular formula is C34H50O9. The first-order valence-electron chi connectivity index (χ1n) is 16.0. The SMILES string of the molecule is CC(=O)O[C@@H]1C[C@@]2(C)[C@@H](CC[C@@]3(C)[C@H]2CC=C2[C@H]4[C@](C(=O)O)(CC[C@@H](C)[C@@]4(C)O)CC[C@]23C)[C@@](C)(C(=O)O)[C@H]1OC(C)=O. The van der Waals surface area contributed by atoms with Crippen LogP contribution in [0, 0.1) is 50.7 Å². The van der Waals surface area contributed by atoms with Gasteiger partial charge in [0.1, 0.15) is 11.5 Å². The Kier molecular flexibility index (Phi) is 7.28. The molecule has 4 saturated carbocycles. The molecule has 0 spiro atoms. The van der Waals surface area contributed by atoms with Crippen LogP contribution in [0.2, 0.25) is 0 Å². The van der Waals surface area contributed by atoms with Gasteiger partial charge in [-0.25, -0.2) is 0 Å². The number of carboxylic acid groups (broad SMARTS) is 2. The number of rotatable bonds is 4. The lowest BCUT2D eigenvalue weighted by atomic mass is 9.33. The van der Waals surface area contributed by atoms with Gasteiger partial charge in [-0.05, 0) is 99.2 Å². The van der Waals surface area contributed by atoms with E-state index in [0.29, 0.717) is 51.4 Å². The molecule has 0 unspecified atom stereocenters. The van der Waals surface area contributed by atoms with Gasteiger partial charge >= 0.3 is 23.9 Å². The lowest BCUT2D eigenvalue weighted by Gasteiger charge is -2.71. The summed E-state index contributed by atoms with van der Waals surface area (Å²) in [5.74, 6) is -4.01. The standard InChI is InChI=1S/C34H50O9/c1-18-11-14-34(28(39)40)16-15-30(5)21(25(34)33(18,8)41)9-10-23-29(4)17-22(42-19(2)35)26(43-20(3)36)32(7,27(37)38)24(29)12-13-31(23,30)6/h9,18,22-26,41H,10-17H2,1-8H3,(H,37,38)(H,39,40)/t18-,22-,23+,24-,25-,26+,29-,30-,31+,32-,33-,34+/m1/s1. The zero-order chi connectivity index (χ0) is 32.1. The molecule has 0 amide bonds. The van der Waals surface area contributed by atoms with Crippen LogP contribution >= 0.6 is 0 Å². The predicted molar refractivity (Wildman–Crippen MR) is 157 cm³/mol. The lowest BCUT2D eigenvalue weighted by molar-refractivity contribution is -0.252. The van der Waals surface area contributed by atoms with E-state index in [1.54, 1.807) is 6.92 Å². The molecule has 5 aliphatic rings. The molecule has 5 aliphatic carbocycles. The van der Waals surface area contributed by atoms with Gasteiger partial charge in [-0.3, -0.25) is 19.2 Å². The third kappa shape index (κ3) is 4.04. The van der Waals surface area contributed by atoms with E-state index >= 15 is 0 Å². The van der Waals surface area contributed by atoms with Crippen molar-refractivity contribution >= 4 is 23.9 Å². The van der Waals surface area contributed by atoms with E-state index in [2.05, 4.69) is 26.8 Å². The van der Waals surface area contributed by atoms with Gasteiger partial charge in [0.15, 0.2) is 6.10 Å². The van der Waals surface area contributed by atoms with Crippen LogP contribution in [0.5, 0.6) is 0 Å². The number of carbonyl (C=O) groups is 4. The minimum atomic E-state index is -1.49. The van der Waals surface area contributed by atoms with Crippen molar-refractivity contribution in [2.24, 2.45) is 50.7 Å². The van der Waals surface area contributed by atoms with Crippen molar-refractivity contribution in [3.63, 3.8) is 0 Å². The maximum Gasteiger partial charge on any atom is 0.313 e. The van der Waals surface area contributed by atoms with Gasteiger partial charge in [0.25, 0.3) is 0 Å². The molecule has 3 N–H and O–H groups in total.